The number of hydrogen-bond donors (Lipinski definition) is 0. The molecule has 0 saturated carbocycles. The van der Waals surface area contributed by atoms with Crippen molar-refractivity contribution < 1.29 is 23.8 Å². The van der Waals surface area contributed by atoms with Crippen molar-refractivity contribution in [1.82, 2.24) is 4.90 Å². The highest BCUT2D eigenvalue weighted by atomic mass is 16.5. The van der Waals surface area contributed by atoms with Crippen LogP contribution in [-0.4, -0.2) is 63.7 Å². The predicted molar refractivity (Wildman–Crippen MR) is 142 cm³/mol. The Labute approximate surface area is 216 Å². The van der Waals surface area contributed by atoms with Gasteiger partial charge in [-0.1, -0.05) is 24.3 Å². The van der Waals surface area contributed by atoms with E-state index >= 15 is 0 Å². The molecule has 5 rings (SSSR count). The monoisotopic (exact) mass is 499 g/mol. The molecule has 0 N–H and O–H groups in total. The number of methoxy groups -OCH3 is 2. The summed E-state index contributed by atoms with van der Waals surface area (Å²) in [4.78, 5) is 32.3. The molecule has 0 spiro atoms. The van der Waals surface area contributed by atoms with Gasteiger partial charge in [0.15, 0.2) is 11.5 Å². The smallest absolute Gasteiger partial charge is 0.294 e. The van der Waals surface area contributed by atoms with E-state index in [-0.39, 0.29) is 24.1 Å². The van der Waals surface area contributed by atoms with Crippen LogP contribution in [0.3, 0.4) is 0 Å². The number of carbonyl (C=O) groups excluding carboxylic acids is 2. The number of amides is 2. The summed E-state index contributed by atoms with van der Waals surface area (Å²) in [6.07, 6.45) is 1.68. The van der Waals surface area contributed by atoms with E-state index in [1.807, 2.05) is 65.6 Å². The minimum Gasteiger partial charge on any atom is -0.497 e. The second-order valence-electron chi connectivity index (χ2n) is 8.81. The molecule has 2 amide bonds. The van der Waals surface area contributed by atoms with E-state index in [0.717, 1.165) is 22.7 Å². The minimum atomic E-state index is -0.347. The maximum absolute atomic E-state index is 13.4. The van der Waals surface area contributed by atoms with Crippen LogP contribution in [0.15, 0.2) is 78.6 Å². The highest BCUT2D eigenvalue weighted by Crippen LogP contribution is 2.35. The first-order valence-electron chi connectivity index (χ1n) is 12.2. The van der Waals surface area contributed by atoms with Crippen LogP contribution >= 0.6 is 0 Å². The third kappa shape index (κ3) is 5.23. The van der Waals surface area contributed by atoms with Gasteiger partial charge in [0.25, 0.3) is 5.91 Å². The lowest BCUT2D eigenvalue weighted by molar-refractivity contribution is -0.131. The quantitative estimate of drug-likeness (QED) is 0.481. The molecule has 8 heteroatoms. The SMILES string of the molecule is COc1ccc(C=C2Oc3ccccc3N(CC(=O)N3CCN(c4ccc(OC)cc4)CC3)C2=O)cc1. The molecule has 0 bridgehead atoms. The summed E-state index contributed by atoms with van der Waals surface area (Å²) in [5, 5.41) is 0. The molecule has 3 aromatic rings. The number of rotatable bonds is 6. The molecule has 3 aromatic carbocycles. The number of benzene rings is 3. The fraction of sp³-hybridized carbons (Fsp3) is 0.241. The summed E-state index contributed by atoms with van der Waals surface area (Å²) >= 11 is 0. The summed E-state index contributed by atoms with van der Waals surface area (Å²) in [5.41, 5.74) is 2.48. The second-order valence-corrected chi connectivity index (χ2v) is 8.81. The molecule has 2 aliphatic rings. The lowest BCUT2D eigenvalue weighted by Crippen LogP contribution is -2.52. The summed E-state index contributed by atoms with van der Waals surface area (Å²) in [7, 11) is 3.25. The van der Waals surface area contributed by atoms with Crippen molar-refractivity contribution in [2.75, 3.05) is 56.7 Å². The third-order valence-electron chi connectivity index (χ3n) is 6.61. The molecule has 2 heterocycles. The van der Waals surface area contributed by atoms with Crippen LogP contribution < -0.4 is 24.0 Å². The van der Waals surface area contributed by atoms with Crippen molar-refractivity contribution in [2.24, 2.45) is 0 Å². The minimum absolute atomic E-state index is 0.0539. The number of fused-ring (bicyclic) bond motifs is 1. The largest absolute Gasteiger partial charge is 0.497 e. The van der Waals surface area contributed by atoms with Crippen LogP contribution in [0.2, 0.25) is 0 Å². The average molecular weight is 500 g/mol. The van der Waals surface area contributed by atoms with E-state index < -0.39 is 0 Å². The van der Waals surface area contributed by atoms with Gasteiger partial charge in [0, 0.05) is 31.9 Å². The number of piperazine rings is 1. The van der Waals surface area contributed by atoms with Crippen LogP contribution in [0.25, 0.3) is 6.08 Å². The van der Waals surface area contributed by atoms with Crippen molar-refractivity contribution in [3.63, 3.8) is 0 Å². The Bertz CT molecular complexity index is 1300. The maximum atomic E-state index is 13.4. The highest BCUT2D eigenvalue weighted by Gasteiger charge is 2.33. The fourth-order valence-corrected chi connectivity index (χ4v) is 4.51. The van der Waals surface area contributed by atoms with Crippen molar-refractivity contribution >= 4 is 29.3 Å². The number of hydrogen-bond acceptors (Lipinski definition) is 6. The molecule has 1 fully saturated rings. The van der Waals surface area contributed by atoms with E-state index in [0.29, 0.717) is 37.6 Å². The van der Waals surface area contributed by atoms with Gasteiger partial charge in [0.2, 0.25) is 5.91 Å². The molecule has 0 unspecified atom stereocenters. The lowest BCUT2D eigenvalue weighted by atomic mass is 10.1. The van der Waals surface area contributed by atoms with Crippen LogP contribution in [0.1, 0.15) is 5.56 Å². The molecule has 0 aromatic heterocycles. The number of ether oxygens (including phenoxy) is 3. The Hall–Kier alpha value is -4.46. The summed E-state index contributed by atoms with van der Waals surface area (Å²) < 4.78 is 16.4. The van der Waals surface area contributed by atoms with Gasteiger partial charge in [-0.15, -0.1) is 0 Å². The molecule has 37 heavy (non-hydrogen) atoms. The van der Waals surface area contributed by atoms with E-state index in [1.54, 1.807) is 32.4 Å². The van der Waals surface area contributed by atoms with Gasteiger partial charge < -0.3 is 24.0 Å². The number of para-hydroxylation sites is 2. The van der Waals surface area contributed by atoms with Crippen LogP contribution in [0, 0.1) is 0 Å². The standard InChI is InChI=1S/C29H29N3O5/c1-35-23-11-7-21(8-12-23)19-27-29(34)32(25-5-3-4-6-26(25)37-27)20-28(33)31-17-15-30(16-18-31)22-9-13-24(36-2)14-10-22/h3-14,19H,15-18,20H2,1-2H3. The second kappa shape index (κ2) is 10.7. The van der Waals surface area contributed by atoms with Crippen LogP contribution in [0.4, 0.5) is 11.4 Å². The third-order valence-corrected chi connectivity index (χ3v) is 6.61. The molecule has 1 saturated heterocycles. The topological polar surface area (TPSA) is 71.6 Å². The van der Waals surface area contributed by atoms with Crippen molar-refractivity contribution in [3.8, 4) is 17.2 Å². The first-order valence-corrected chi connectivity index (χ1v) is 12.2. The molecule has 0 radical (unpaired) electrons. The molecule has 2 aliphatic heterocycles. The lowest BCUT2D eigenvalue weighted by Gasteiger charge is -2.37. The highest BCUT2D eigenvalue weighted by molar-refractivity contribution is 6.12. The Morgan fingerprint density at radius 2 is 1.49 bits per heavy atom. The number of anilines is 2. The number of nitrogens with zero attached hydrogens (tertiary/aromatic N) is 3. The maximum Gasteiger partial charge on any atom is 0.294 e. The summed E-state index contributed by atoms with van der Waals surface area (Å²) in [5.74, 6) is 1.80. The molecule has 0 aliphatic carbocycles. The van der Waals surface area contributed by atoms with Gasteiger partial charge in [0.05, 0.1) is 19.9 Å². The van der Waals surface area contributed by atoms with Gasteiger partial charge in [-0.05, 0) is 60.2 Å². The first kappa shape index (κ1) is 24.2. The Morgan fingerprint density at radius 1 is 0.865 bits per heavy atom. The zero-order valence-electron chi connectivity index (χ0n) is 20.9. The number of carbonyl (C=O) groups is 2. The normalized spacial score (nSPS) is 16.3. The van der Waals surface area contributed by atoms with Crippen molar-refractivity contribution in [2.45, 2.75) is 0 Å². The summed E-state index contributed by atoms with van der Waals surface area (Å²) in [6.45, 7) is 2.55. The van der Waals surface area contributed by atoms with E-state index in [2.05, 4.69) is 4.90 Å². The van der Waals surface area contributed by atoms with Gasteiger partial charge in [-0.25, -0.2) is 0 Å². The van der Waals surface area contributed by atoms with E-state index in [9.17, 15) is 9.59 Å². The first-order chi connectivity index (χ1) is 18.1. The van der Waals surface area contributed by atoms with Gasteiger partial charge >= 0.3 is 0 Å². The Morgan fingerprint density at radius 3 is 2.14 bits per heavy atom. The van der Waals surface area contributed by atoms with Gasteiger partial charge in [-0.2, -0.15) is 0 Å². The zero-order chi connectivity index (χ0) is 25.8. The Balaban J connectivity index is 1.29. The van der Waals surface area contributed by atoms with E-state index in [1.165, 1.54) is 4.90 Å². The van der Waals surface area contributed by atoms with Crippen LogP contribution in [0.5, 0.6) is 17.2 Å². The van der Waals surface area contributed by atoms with Crippen molar-refractivity contribution in [1.29, 1.82) is 0 Å². The summed E-state index contributed by atoms with van der Waals surface area (Å²) in [6, 6.07) is 22.5. The zero-order valence-corrected chi connectivity index (χ0v) is 20.9. The Kier molecular flexibility index (Phi) is 6.98. The van der Waals surface area contributed by atoms with E-state index in [4.69, 9.17) is 14.2 Å². The van der Waals surface area contributed by atoms with Gasteiger partial charge in [-0.3, -0.25) is 14.5 Å². The molecular formula is C29H29N3O5. The van der Waals surface area contributed by atoms with Gasteiger partial charge in [0.1, 0.15) is 18.0 Å². The van der Waals surface area contributed by atoms with Crippen LogP contribution in [-0.2, 0) is 9.59 Å². The predicted octanol–water partition coefficient (Wildman–Crippen LogP) is 3.82. The molecule has 190 valence electrons. The fourth-order valence-electron chi connectivity index (χ4n) is 4.51. The molecule has 0 atom stereocenters. The average Bonchev–Trinajstić information content (AvgIpc) is 2.95. The van der Waals surface area contributed by atoms with Crippen molar-refractivity contribution in [3.05, 3.63) is 84.1 Å². The molecule has 8 nitrogen and oxygen atoms in total. The molecular weight excluding hydrogens is 470 g/mol.